The molecule has 3 rings (SSSR count). The maximum absolute atomic E-state index is 13.0. The molecule has 0 bridgehead atoms. The molecule has 1 amide bonds. The number of hydrogen-bond acceptors (Lipinski definition) is 3. The summed E-state index contributed by atoms with van der Waals surface area (Å²) >= 11 is 0. The normalized spacial score (nSPS) is 10.8. The van der Waals surface area contributed by atoms with Gasteiger partial charge in [0.25, 0.3) is 5.91 Å². The monoisotopic (exact) mass is 390 g/mol. The topological polar surface area (TPSA) is 71.2 Å². The van der Waals surface area contributed by atoms with Crippen molar-refractivity contribution in [3.05, 3.63) is 88.2 Å². The third-order valence-electron chi connectivity index (χ3n) is 4.71. The molecule has 5 heteroatoms. The predicted octanol–water partition coefficient (Wildman–Crippen LogP) is 5.04. The molecule has 150 valence electrons. The summed E-state index contributed by atoms with van der Waals surface area (Å²) in [6.07, 6.45) is 0.491. The number of H-pyrrole nitrogens is 1. The maximum Gasteiger partial charge on any atom is 0.340 e. The van der Waals surface area contributed by atoms with Gasteiger partial charge < -0.3 is 15.0 Å². The Bertz CT molecular complexity index is 1020. The minimum absolute atomic E-state index is 0.224. The van der Waals surface area contributed by atoms with Gasteiger partial charge in [-0.15, -0.1) is 0 Å². The molecule has 0 saturated heterocycles. The average Bonchev–Trinajstić information content (AvgIpc) is 2.98. The summed E-state index contributed by atoms with van der Waals surface area (Å²) in [5.74, 6) is -0.704. The molecule has 1 heterocycles. The van der Waals surface area contributed by atoms with Gasteiger partial charge >= 0.3 is 5.97 Å². The van der Waals surface area contributed by atoms with E-state index < -0.39 is 5.97 Å². The highest BCUT2D eigenvalue weighted by molar-refractivity contribution is 6.07. The van der Waals surface area contributed by atoms with Crippen LogP contribution in [0.5, 0.6) is 0 Å². The van der Waals surface area contributed by atoms with Crippen molar-refractivity contribution >= 4 is 17.6 Å². The van der Waals surface area contributed by atoms with E-state index in [4.69, 9.17) is 4.74 Å². The first-order chi connectivity index (χ1) is 13.9. The maximum atomic E-state index is 13.0. The van der Waals surface area contributed by atoms with Crippen LogP contribution in [-0.4, -0.2) is 23.0 Å². The number of nitrogens with one attached hydrogen (secondary N) is 2. The number of carbonyl (C=O) groups is 2. The second-order valence-corrected chi connectivity index (χ2v) is 7.35. The fourth-order valence-electron chi connectivity index (χ4n) is 3.35. The minimum Gasteiger partial charge on any atom is -0.459 e. The van der Waals surface area contributed by atoms with E-state index in [1.807, 2.05) is 42.5 Å². The van der Waals surface area contributed by atoms with Crippen molar-refractivity contribution in [2.24, 2.45) is 0 Å². The fraction of sp³-hybridized carbons (Fsp3) is 0.250. The Kier molecular flexibility index (Phi) is 6.17. The second kappa shape index (κ2) is 8.78. The number of aryl methyl sites for hydroxylation is 1. The second-order valence-electron chi connectivity index (χ2n) is 7.35. The van der Waals surface area contributed by atoms with Crippen LogP contribution in [0.25, 0.3) is 0 Å². The number of hydrogen-bond donors (Lipinski definition) is 2. The van der Waals surface area contributed by atoms with E-state index in [1.54, 1.807) is 27.7 Å². The van der Waals surface area contributed by atoms with Crippen molar-refractivity contribution in [2.75, 3.05) is 5.32 Å². The van der Waals surface area contributed by atoms with Gasteiger partial charge in [-0.2, -0.15) is 0 Å². The fourth-order valence-corrected chi connectivity index (χ4v) is 3.35. The largest absolute Gasteiger partial charge is 0.459 e. The first-order valence-electron chi connectivity index (χ1n) is 9.70. The highest BCUT2D eigenvalue weighted by atomic mass is 16.5. The van der Waals surface area contributed by atoms with E-state index in [0.717, 1.165) is 11.3 Å². The molecular formula is C24H26N2O3. The molecular weight excluding hydrogens is 364 g/mol. The van der Waals surface area contributed by atoms with E-state index in [1.165, 1.54) is 5.56 Å². The molecule has 0 fully saturated rings. The molecule has 1 aromatic heterocycles. The van der Waals surface area contributed by atoms with Crippen LogP contribution in [0.1, 0.15) is 57.1 Å². The number of carbonyl (C=O) groups excluding carboxylic acids is 2. The molecule has 0 aliphatic rings. The number of anilines is 1. The summed E-state index contributed by atoms with van der Waals surface area (Å²) in [5, 5.41) is 2.99. The summed E-state index contributed by atoms with van der Waals surface area (Å²) in [6, 6.07) is 17.8. The molecule has 0 unspecified atom stereocenters. The third-order valence-corrected chi connectivity index (χ3v) is 4.71. The number of amides is 1. The molecule has 3 aromatic rings. The number of rotatable bonds is 6. The van der Waals surface area contributed by atoms with Crippen molar-refractivity contribution in [1.82, 2.24) is 4.98 Å². The van der Waals surface area contributed by atoms with E-state index >= 15 is 0 Å². The predicted molar refractivity (Wildman–Crippen MR) is 114 cm³/mol. The SMILES string of the molecule is Cc1[nH]c(C(=O)Nc2ccccc2Cc2ccccc2)c(C)c1C(=O)OC(C)C. The molecule has 0 aliphatic heterocycles. The minimum atomic E-state index is -0.422. The van der Waals surface area contributed by atoms with E-state index in [0.29, 0.717) is 28.9 Å². The number of ether oxygens (including phenoxy) is 1. The van der Waals surface area contributed by atoms with Gasteiger partial charge in [-0.25, -0.2) is 4.79 Å². The third kappa shape index (κ3) is 4.74. The van der Waals surface area contributed by atoms with Gasteiger partial charge in [-0.1, -0.05) is 48.5 Å². The molecule has 0 atom stereocenters. The van der Waals surface area contributed by atoms with Crippen LogP contribution < -0.4 is 5.32 Å². The van der Waals surface area contributed by atoms with Gasteiger partial charge in [-0.05, 0) is 56.9 Å². The first-order valence-corrected chi connectivity index (χ1v) is 9.70. The molecule has 0 aliphatic carbocycles. The molecule has 2 N–H and O–H groups in total. The highest BCUT2D eigenvalue weighted by Gasteiger charge is 2.24. The number of benzene rings is 2. The molecule has 0 radical (unpaired) electrons. The summed E-state index contributed by atoms with van der Waals surface area (Å²) in [6.45, 7) is 7.12. The van der Waals surface area contributed by atoms with Crippen LogP contribution in [0.3, 0.4) is 0 Å². The lowest BCUT2D eigenvalue weighted by Crippen LogP contribution is -2.16. The average molecular weight is 390 g/mol. The molecule has 29 heavy (non-hydrogen) atoms. The van der Waals surface area contributed by atoms with Gasteiger partial charge in [0.1, 0.15) is 5.69 Å². The molecule has 0 saturated carbocycles. The standard InChI is InChI=1S/C24H26N2O3/c1-15(2)29-24(28)21-16(3)22(25-17(21)4)23(27)26-20-13-9-8-12-19(20)14-18-10-6-5-7-11-18/h5-13,15,25H,14H2,1-4H3,(H,26,27). The first kappa shape index (κ1) is 20.4. The van der Waals surface area contributed by atoms with Gasteiger partial charge in [0.05, 0.1) is 11.7 Å². The van der Waals surface area contributed by atoms with E-state index in [-0.39, 0.29) is 12.0 Å². The Hall–Kier alpha value is -3.34. The lowest BCUT2D eigenvalue weighted by molar-refractivity contribution is 0.0376. The number of aromatic amines is 1. The Balaban J connectivity index is 1.84. The quantitative estimate of drug-likeness (QED) is 0.579. The number of para-hydroxylation sites is 1. The summed E-state index contributed by atoms with van der Waals surface area (Å²) in [4.78, 5) is 28.4. The highest BCUT2D eigenvalue weighted by Crippen LogP contribution is 2.23. The summed E-state index contributed by atoms with van der Waals surface area (Å²) in [5.41, 5.74) is 4.93. The van der Waals surface area contributed by atoms with Crippen LogP contribution in [0.2, 0.25) is 0 Å². The van der Waals surface area contributed by atoms with E-state index in [2.05, 4.69) is 22.4 Å². The zero-order valence-electron chi connectivity index (χ0n) is 17.2. The van der Waals surface area contributed by atoms with Crippen LogP contribution in [0, 0.1) is 13.8 Å². The van der Waals surface area contributed by atoms with E-state index in [9.17, 15) is 9.59 Å². The number of esters is 1. The summed E-state index contributed by atoms with van der Waals surface area (Å²) in [7, 11) is 0. The number of aromatic nitrogens is 1. The zero-order valence-corrected chi connectivity index (χ0v) is 17.2. The molecule has 2 aromatic carbocycles. The van der Waals surface area contributed by atoms with Crippen LogP contribution in [-0.2, 0) is 11.2 Å². The van der Waals surface area contributed by atoms with Crippen molar-refractivity contribution in [3.8, 4) is 0 Å². The van der Waals surface area contributed by atoms with Gasteiger partial charge in [-0.3, -0.25) is 4.79 Å². The van der Waals surface area contributed by atoms with Crippen LogP contribution >= 0.6 is 0 Å². The van der Waals surface area contributed by atoms with Crippen molar-refractivity contribution < 1.29 is 14.3 Å². The molecule has 0 spiro atoms. The Morgan fingerprint density at radius 1 is 1.00 bits per heavy atom. The lowest BCUT2D eigenvalue weighted by atomic mass is 10.0. The van der Waals surface area contributed by atoms with Crippen molar-refractivity contribution in [3.63, 3.8) is 0 Å². The Labute approximate surface area is 171 Å². The van der Waals surface area contributed by atoms with Gasteiger partial charge in [0, 0.05) is 11.4 Å². The van der Waals surface area contributed by atoms with Crippen LogP contribution in [0.4, 0.5) is 5.69 Å². The summed E-state index contributed by atoms with van der Waals surface area (Å²) < 4.78 is 5.30. The van der Waals surface area contributed by atoms with Gasteiger partial charge in [0.2, 0.25) is 0 Å². The lowest BCUT2D eigenvalue weighted by Gasteiger charge is -2.11. The molecule has 5 nitrogen and oxygen atoms in total. The Morgan fingerprint density at radius 3 is 2.34 bits per heavy atom. The van der Waals surface area contributed by atoms with Crippen molar-refractivity contribution in [2.45, 2.75) is 40.2 Å². The smallest absolute Gasteiger partial charge is 0.340 e. The van der Waals surface area contributed by atoms with Crippen LogP contribution in [0.15, 0.2) is 54.6 Å². The van der Waals surface area contributed by atoms with Gasteiger partial charge in [0.15, 0.2) is 0 Å². The zero-order chi connectivity index (χ0) is 21.0. The van der Waals surface area contributed by atoms with Crippen molar-refractivity contribution in [1.29, 1.82) is 0 Å². The Morgan fingerprint density at radius 2 is 1.66 bits per heavy atom.